The standard InChI is InChI=1S/C15H23N3/c1-4-5-6-7-8-9-10-11-12-18-14-13-17(3)15(18)16-2/h4-5,10-14H2,1-3H3. The minimum absolute atomic E-state index is 0.915. The lowest BCUT2D eigenvalue weighted by atomic mass is 10.3. The predicted molar refractivity (Wildman–Crippen MR) is 77.3 cm³/mol. The number of nitrogens with zero attached hydrogens (tertiary/aromatic N) is 3. The highest BCUT2D eigenvalue weighted by molar-refractivity contribution is 5.81. The number of hydrogen-bond acceptors (Lipinski definition) is 1. The molecular formula is C15H23N3. The normalized spacial score (nSPS) is 16.3. The monoisotopic (exact) mass is 245 g/mol. The van der Waals surface area contributed by atoms with Crippen molar-refractivity contribution in [2.75, 3.05) is 33.7 Å². The second-order valence-corrected chi connectivity index (χ2v) is 4.39. The van der Waals surface area contributed by atoms with Gasteiger partial charge in [0.1, 0.15) is 0 Å². The van der Waals surface area contributed by atoms with E-state index in [0.717, 1.165) is 51.3 Å². The van der Waals surface area contributed by atoms with E-state index in [2.05, 4.69) is 52.4 Å². The van der Waals surface area contributed by atoms with Crippen molar-refractivity contribution in [3.05, 3.63) is 0 Å². The lowest BCUT2D eigenvalue weighted by Crippen LogP contribution is -2.31. The summed E-state index contributed by atoms with van der Waals surface area (Å²) in [6.07, 6.45) is 4.05. The van der Waals surface area contributed by atoms with Crippen LogP contribution in [0.1, 0.15) is 32.6 Å². The molecule has 0 bridgehead atoms. The zero-order valence-electron chi connectivity index (χ0n) is 11.8. The van der Waals surface area contributed by atoms with Crippen molar-refractivity contribution >= 4 is 5.96 Å². The third kappa shape index (κ3) is 4.72. The molecule has 0 amide bonds. The molecule has 1 rings (SSSR count). The van der Waals surface area contributed by atoms with Crippen LogP contribution in [-0.2, 0) is 0 Å². The van der Waals surface area contributed by atoms with E-state index in [-0.39, 0.29) is 0 Å². The van der Waals surface area contributed by atoms with E-state index in [4.69, 9.17) is 0 Å². The van der Waals surface area contributed by atoms with E-state index in [1.165, 1.54) is 0 Å². The summed E-state index contributed by atoms with van der Waals surface area (Å²) in [5.74, 6) is 13.0. The first kappa shape index (κ1) is 14.5. The molecule has 3 nitrogen and oxygen atoms in total. The van der Waals surface area contributed by atoms with Gasteiger partial charge in [-0.05, 0) is 24.7 Å². The minimum Gasteiger partial charge on any atom is -0.344 e. The Bertz CT molecular complexity index is 389. The maximum atomic E-state index is 4.31. The molecule has 0 radical (unpaired) electrons. The number of guanidine groups is 1. The number of hydrogen-bond donors (Lipinski definition) is 0. The lowest BCUT2D eigenvalue weighted by Gasteiger charge is -2.19. The molecule has 0 atom stereocenters. The second-order valence-electron chi connectivity index (χ2n) is 4.39. The third-order valence-electron chi connectivity index (χ3n) is 2.87. The summed E-state index contributed by atoms with van der Waals surface area (Å²) >= 11 is 0. The van der Waals surface area contributed by atoms with Crippen LogP contribution < -0.4 is 0 Å². The van der Waals surface area contributed by atoms with Gasteiger partial charge in [0.2, 0.25) is 0 Å². The third-order valence-corrected chi connectivity index (χ3v) is 2.87. The molecule has 0 saturated carbocycles. The second kappa shape index (κ2) is 8.48. The molecule has 0 N–H and O–H groups in total. The molecule has 1 aliphatic rings. The molecule has 1 fully saturated rings. The molecule has 0 aromatic heterocycles. The largest absolute Gasteiger partial charge is 0.344 e. The molecule has 98 valence electrons. The first-order valence-corrected chi connectivity index (χ1v) is 6.68. The fourth-order valence-corrected chi connectivity index (χ4v) is 1.93. The molecule has 0 aromatic rings. The molecule has 0 unspecified atom stereocenters. The molecule has 0 spiro atoms. The summed E-state index contributed by atoms with van der Waals surface area (Å²) in [6, 6.07) is 0. The molecule has 0 aromatic carbocycles. The fourth-order valence-electron chi connectivity index (χ4n) is 1.93. The zero-order valence-corrected chi connectivity index (χ0v) is 11.8. The van der Waals surface area contributed by atoms with Crippen LogP contribution in [0.5, 0.6) is 0 Å². The maximum absolute atomic E-state index is 4.31. The van der Waals surface area contributed by atoms with E-state index in [0.29, 0.717) is 0 Å². The topological polar surface area (TPSA) is 18.8 Å². The highest BCUT2D eigenvalue weighted by atomic mass is 15.4. The Morgan fingerprint density at radius 3 is 2.56 bits per heavy atom. The van der Waals surface area contributed by atoms with Gasteiger partial charge in [0.15, 0.2) is 5.96 Å². The molecule has 0 aliphatic carbocycles. The van der Waals surface area contributed by atoms with Crippen LogP contribution in [0.3, 0.4) is 0 Å². The molecule has 18 heavy (non-hydrogen) atoms. The van der Waals surface area contributed by atoms with Crippen LogP contribution in [0.4, 0.5) is 0 Å². The van der Waals surface area contributed by atoms with E-state index in [1.54, 1.807) is 0 Å². The van der Waals surface area contributed by atoms with Crippen LogP contribution in [0, 0.1) is 23.7 Å². The highest BCUT2D eigenvalue weighted by Crippen LogP contribution is 2.07. The van der Waals surface area contributed by atoms with Crippen molar-refractivity contribution in [2.45, 2.75) is 32.6 Å². The van der Waals surface area contributed by atoms with Crippen molar-refractivity contribution in [3.63, 3.8) is 0 Å². The summed E-state index contributed by atoms with van der Waals surface area (Å²) in [6.45, 7) is 5.31. The van der Waals surface area contributed by atoms with Crippen LogP contribution in [0.15, 0.2) is 4.99 Å². The van der Waals surface area contributed by atoms with Crippen LogP contribution in [-0.4, -0.2) is 49.5 Å². The predicted octanol–water partition coefficient (Wildman–Crippen LogP) is 1.81. The van der Waals surface area contributed by atoms with Crippen molar-refractivity contribution in [1.82, 2.24) is 9.80 Å². The quantitative estimate of drug-likeness (QED) is 0.555. The summed E-state index contributed by atoms with van der Waals surface area (Å²) in [5.41, 5.74) is 0. The molecule has 1 aliphatic heterocycles. The summed E-state index contributed by atoms with van der Waals surface area (Å²) in [7, 11) is 3.94. The van der Waals surface area contributed by atoms with Gasteiger partial charge in [-0.1, -0.05) is 18.8 Å². The van der Waals surface area contributed by atoms with Crippen molar-refractivity contribution < 1.29 is 0 Å². The molecule has 1 heterocycles. The van der Waals surface area contributed by atoms with E-state index in [1.807, 2.05) is 7.05 Å². The Hall–Kier alpha value is -1.61. The van der Waals surface area contributed by atoms with Crippen LogP contribution in [0.25, 0.3) is 0 Å². The zero-order chi connectivity index (χ0) is 13.2. The van der Waals surface area contributed by atoms with Gasteiger partial charge in [-0.25, -0.2) is 0 Å². The Labute approximate surface area is 111 Å². The highest BCUT2D eigenvalue weighted by Gasteiger charge is 2.21. The minimum atomic E-state index is 0.915. The van der Waals surface area contributed by atoms with Gasteiger partial charge in [-0.2, -0.15) is 0 Å². The fraction of sp³-hybridized carbons (Fsp3) is 0.667. The molecule has 1 saturated heterocycles. The van der Waals surface area contributed by atoms with Gasteiger partial charge < -0.3 is 9.80 Å². The first-order valence-electron chi connectivity index (χ1n) is 6.68. The van der Waals surface area contributed by atoms with Gasteiger partial charge in [-0.15, -0.1) is 0 Å². The van der Waals surface area contributed by atoms with Gasteiger partial charge >= 0.3 is 0 Å². The van der Waals surface area contributed by atoms with Crippen molar-refractivity contribution in [1.29, 1.82) is 0 Å². The average Bonchev–Trinajstić information content (AvgIpc) is 2.73. The van der Waals surface area contributed by atoms with E-state index >= 15 is 0 Å². The van der Waals surface area contributed by atoms with Crippen LogP contribution >= 0.6 is 0 Å². The van der Waals surface area contributed by atoms with E-state index in [9.17, 15) is 0 Å². The Balaban J connectivity index is 2.21. The first-order chi connectivity index (χ1) is 8.79. The summed E-state index contributed by atoms with van der Waals surface area (Å²) < 4.78 is 0. The Morgan fingerprint density at radius 2 is 1.89 bits per heavy atom. The van der Waals surface area contributed by atoms with Crippen LogP contribution in [0.2, 0.25) is 0 Å². The van der Waals surface area contributed by atoms with Gasteiger partial charge in [0, 0.05) is 46.6 Å². The summed E-state index contributed by atoms with van der Waals surface area (Å²) in [4.78, 5) is 8.83. The smallest absolute Gasteiger partial charge is 0.196 e. The summed E-state index contributed by atoms with van der Waals surface area (Å²) in [5, 5.41) is 0. The SMILES string of the molecule is CCCC#CC#CCCCN1CCN(C)C1=NC. The van der Waals surface area contributed by atoms with E-state index < -0.39 is 0 Å². The number of aliphatic imine (C=N–C) groups is 1. The number of unbranched alkanes of at least 4 members (excludes halogenated alkanes) is 2. The van der Waals surface area contributed by atoms with Crippen molar-refractivity contribution in [3.8, 4) is 23.7 Å². The Morgan fingerprint density at radius 1 is 1.17 bits per heavy atom. The Kier molecular flexibility index (Phi) is 6.81. The van der Waals surface area contributed by atoms with Gasteiger partial charge in [0.05, 0.1) is 0 Å². The number of rotatable bonds is 4. The van der Waals surface area contributed by atoms with Gasteiger partial charge in [-0.3, -0.25) is 4.99 Å². The lowest BCUT2D eigenvalue weighted by molar-refractivity contribution is 0.453. The van der Waals surface area contributed by atoms with Crippen molar-refractivity contribution in [2.24, 2.45) is 4.99 Å². The number of likely N-dealkylation sites (N-methyl/N-ethyl adjacent to an activating group) is 1. The maximum Gasteiger partial charge on any atom is 0.196 e. The molecular weight excluding hydrogens is 222 g/mol. The average molecular weight is 245 g/mol. The van der Waals surface area contributed by atoms with Gasteiger partial charge in [0.25, 0.3) is 0 Å². The molecule has 3 heteroatoms.